The quantitative estimate of drug-likeness (QED) is 0.738. The molecule has 3 aromatic rings. The van der Waals surface area contributed by atoms with Gasteiger partial charge < -0.3 is 4.52 Å². The summed E-state index contributed by atoms with van der Waals surface area (Å²) in [7, 11) is 0. The highest BCUT2D eigenvalue weighted by molar-refractivity contribution is 6.28. The Morgan fingerprint density at radius 2 is 2.00 bits per heavy atom. The van der Waals surface area contributed by atoms with E-state index in [2.05, 4.69) is 20.3 Å². The Hall–Kier alpha value is -2.21. The van der Waals surface area contributed by atoms with Gasteiger partial charge in [-0.05, 0) is 18.5 Å². The molecule has 6 nitrogen and oxygen atoms in total. The lowest BCUT2D eigenvalue weighted by molar-refractivity contribution is 0.368. The highest BCUT2D eigenvalue weighted by atomic mass is 35.5. The molecule has 0 aliphatic rings. The maximum absolute atomic E-state index is 6.09. The van der Waals surface area contributed by atoms with Crippen molar-refractivity contribution >= 4 is 11.6 Å². The average molecular weight is 290 g/mol. The Morgan fingerprint density at radius 3 is 2.70 bits per heavy atom. The first kappa shape index (κ1) is 12.8. The molecule has 3 rings (SSSR count). The molecule has 2 aromatic heterocycles. The van der Waals surface area contributed by atoms with E-state index in [0.717, 1.165) is 11.4 Å². The predicted molar refractivity (Wildman–Crippen MR) is 73.2 cm³/mol. The van der Waals surface area contributed by atoms with Crippen molar-refractivity contribution in [3.05, 3.63) is 47.3 Å². The van der Waals surface area contributed by atoms with Crippen molar-refractivity contribution in [1.82, 2.24) is 24.9 Å². The fraction of sp³-hybridized carbons (Fsp3) is 0.231. The maximum atomic E-state index is 6.09. The van der Waals surface area contributed by atoms with Gasteiger partial charge in [0.2, 0.25) is 11.2 Å². The first-order valence-corrected chi connectivity index (χ1v) is 6.55. The van der Waals surface area contributed by atoms with Crippen molar-refractivity contribution in [2.24, 2.45) is 0 Å². The minimum Gasteiger partial charge on any atom is -0.339 e. The van der Waals surface area contributed by atoms with Gasteiger partial charge in [0, 0.05) is 18.5 Å². The molecule has 20 heavy (non-hydrogen) atoms. The van der Waals surface area contributed by atoms with Gasteiger partial charge in [0.05, 0.1) is 0 Å². The summed E-state index contributed by atoms with van der Waals surface area (Å²) in [6, 6.07) is 9.78. The second-order valence-corrected chi connectivity index (χ2v) is 4.63. The van der Waals surface area contributed by atoms with Crippen molar-refractivity contribution < 1.29 is 4.52 Å². The minimum atomic E-state index is 0.347. The van der Waals surface area contributed by atoms with Crippen LogP contribution in [0.4, 0.5) is 0 Å². The number of benzene rings is 1. The fourth-order valence-electron chi connectivity index (χ4n) is 1.93. The van der Waals surface area contributed by atoms with Crippen LogP contribution in [-0.2, 0) is 13.0 Å². The molecule has 0 saturated carbocycles. The van der Waals surface area contributed by atoms with Crippen LogP contribution in [0.15, 0.2) is 34.9 Å². The van der Waals surface area contributed by atoms with E-state index >= 15 is 0 Å². The van der Waals surface area contributed by atoms with Gasteiger partial charge in [-0.2, -0.15) is 4.98 Å². The number of rotatable bonds is 4. The highest BCUT2D eigenvalue weighted by Gasteiger charge is 2.13. The lowest BCUT2D eigenvalue weighted by Gasteiger charge is -2.05. The van der Waals surface area contributed by atoms with Crippen LogP contribution in [0, 0.1) is 6.92 Å². The Kier molecular flexibility index (Phi) is 3.47. The lowest BCUT2D eigenvalue weighted by Crippen LogP contribution is -2.04. The van der Waals surface area contributed by atoms with Gasteiger partial charge in [0.15, 0.2) is 11.6 Å². The molecular weight excluding hydrogens is 278 g/mol. The Balaban J connectivity index is 1.84. The summed E-state index contributed by atoms with van der Waals surface area (Å²) in [4.78, 5) is 4.17. The second kappa shape index (κ2) is 5.42. The van der Waals surface area contributed by atoms with Crippen LogP contribution in [0.2, 0.25) is 5.28 Å². The van der Waals surface area contributed by atoms with Crippen molar-refractivity contribution in [3.63, 3.8) is 0 Å². The number of aryl methyl sites for hydroxylation is 2. The zero-order valence-corrected chi connectivity index (χ0v) is 11.6. The molecule has 0 N–H and O–H groups in total. The molecule has 0 saturated heterocycles. The second-order valence-electron chi connectivity index (χ2n) is 4.30. The molecule has 2 heterocycles. The Morgan fingerprint density at radius 1 is 1.20 bits per heavy atom. The number of hydrogen-bond donors (Lipinski definition) is 0. The monoisotopic (exact) mass is 289 g/mol. The molecule has 0 amide bonds. The van der Waals surface area contributed by atoms with Crippen LogP contribution in [0.3, 0.4) is 0 Å². The largest absolute Gasteiger partial charge is 0.339 e. The molecule has 0 aliphatic carbocycles. The van der Waals surface area contributed by atoms with E-state index in [9.17, 15) is 0 Å². The summed E-state index contributed by atoms with van der Waals surface area (Å²) in [6.07, 6.45) is 0.582. The summed E-state index contributed by atoms with van der Waals surface area (Å²) in [5.74, 6) is 1.93. The van der Waals surface area contributed by atoms with E-state index in [1.807, 2.05) is 34.9 Å². The third-order valence-corrected chi connectivity index (χ3v) is 3.14. The van der Waals surface area contributed by atoms with E-state index in [4.69, 9.17) is 16.1 Å². The van der Waals surface area contributed by atoms with Crippen LogP contribution in [0.25, 0.3) is 11.4 Å². The third kappa shape index (κ3) is 2.55. The molecule has 0 spiro atoms. The van der Waals surface area contributed by atoms with Crippen LogP contribution in [0.1, 0.15) is 11.7 Å². The van der Waals surface area contributed by atoms with Crippen molar-refractivity contribution in [2.45, 2.75) is 19.9 Å². The predicted octanol–water partition coefficient (Wildman–Crippen LogP) is 2.53. The van der Waals surface area contributed by atoms with Crippen molar-refractivity contribution in [3.8, 4) is 11.4 Å². The fourth-order valence-corrected chi connectivity index (χ4v) is 2.13. The van der Waals surface area contributed by atoms with E-state index in [0.29, 0.717) is 30.0 Å². The van der Waals surface area contributed by atoms with Crippen molar-refractivity contribution in [1.29, 1.82) is 0 Å². The van der Waals surface area contributed by atoms with Gasteiger partial charge in [0.25, 0.3) is 0 Å². The maximum Gasteiger partial charge on any atom is 0.228 e. The van der Waals surface area contributed by atoms with E-state index in [-0.39, 0.29) is 0 Å². The van der Waals surface area contributed by atoms with E-state index in [1.54, 1.807) is 6.92 Å². The topological polar surface area (TPSA) is 69.6 Å². The third-order valence-electron chi connectivity index (χ3n) is 2.86. The van der Waals surface area contributed by atoms with Gasteiger partial charge in [0.1, 0.15) is 0 Å². The summed E-state index contributed by atoms with van der Waals surface area (Å²) in [5, 5.41) is 12.1. The van der Waals surface area contributed by atoms with E-state index < -0.39 is 0 Å². The van der Waals surface area contributed by atoms with Gasteiger partial charge in [-0.15, -0.1) is 10.2 Å². The molecule has 0 bridgehead atoms. The number of aromatic nitrogens is 5. The molecular formula is C13H12ClN5O. The standard InChI is InChI=1S/C13H12ClN5O/c1-9-15-11(20-18-9)7-8-19-12(16-17-13(19)14)10-5-3-2-4-6-10/h2-6H,7-8H2,1H3. The first-order chi connectivity index (χ1) is 9.74. The molecule has 7 heteroatoms. The van der Waals surface area contributed by atoms with Gasteiger partial charge in [-0.1, -0.05) is 35.5 Å². The number of hydrogen-bond acceptors (Lipinski definition) is 5. The number of nitrogens with zero attached hydrogens (tertiary/aromatic N) is 5. The zero-order valence-electron chi connectivity index (χ0n) is 10.8. The highest BCUT2D eigenvalue weighted by Crippen LogP contribution is 2.20. The summed E-state index contributed by atoms with van der Waals surface area (Å²) < 4.78 is 6.92. The summed E-state index contributed by atoms with van der Waals surface area (Å²) in [6.45, 7) is 2.37. The SMILES string of the molecule is Cc1noc(CCn2c(Cl)nnc2-c2ccccc2)n1. The lowest BCUT2D eigenvalue weighted by atomic mass is 10.2. The number of halogens is 1. The zero-order chi connectivity index (χ0) is 13.9. The first-order valence-electron chi connectivity index (χ1n) is 6.17. The summed E-state index contributed by atoms with van der Waals surface area (Å²) >= 11 is 6.09. The van der Waals surface area contributed by atoms with Gasteiger partial charge >= 0.3 is 0 Å². The Labute approximate surface area is 120 Å². The van der Waals surface area contributed by atoms with Crippen LogP contribution in [-0.4, -0.2) is 24.9 Å². The van der Waals surface area contributed by atoms with Gasteiger partial charge in [-0.25, -0.2) is 0 Å². The van der Waals surface area contributed by atoms with Gasteiger partial charge in [-0.3, -0.25) is 4.57 Å². The average Bonchev–Trinajstić information content (AvgIpc) is 3.04. The molecule has 0 aliphatic heterocycles. The molecule has 0 fully saturated rings. The molecule has 0 radical (unpaired) electrons. The summed E-state index contributed by atoms with van der Waals surface area (Å²) in [5.41, 5.74) is 0.966. The minimum absolute atomic E-state index is 0.347. The molecule has 0 atom stereocenters. The van der Waals surface area contributed by atoms with E-state index in [1.165, 1.54) is 0 Å². The molecule has 1 aromatic carbocycles. The molecule has 102 valence electrons. The van der Waals surface area contributed by atoms with Crippen LogP contribution in [0.5, 0.6) is 0 Å². The normalized spacial score (nSPS) is 10.9. The molecule has 0 unspecified atom stereocenters. The van der Waals surface area contributed by atoms with Crippen LogP contribution < -0.4 is 0 Å². The smallest absolute Gasteiger partial charge is 0.228 e. The van der Waals surface area contributed by atoms with Crippen LogP contribution >= 0.6 is 11.6 Å². The Bertz CT molecular complexity index is 707. The van der Waals surface area contributed by atoms with Crippen molar-refractivity contribution in [2.75, 3.05) is 0 Å².